The van der Waals surface area contributed by atoms with Crippen molar-refractivity contribution in [3.8, 4) is 0 Å². The number of nitrogens with two attached hydrogens (primary N) is 1. The van der Waals surface area contributed by atoms with Crippen LogP contribution in [0, 0.1) is 5.82 Å². The molecule has 0 aromatic heterocycles. The quantitative estimate of drug-likeness (QED) is 0.831. The number of aliphatic hydroxyl groups excluding tert-OH is 1. The van der Waals surface area contributed by atoms with Crippen LogP contribution in [0.3, 0.4) is 0 Å². The van der Waals surface area contributed by atoms with Crippen molar-refractivity contribution in [1.29, 1.82) is 0 Å². The highest BCUT2D eigenvalue weighted by atomic mass is 79.9. The average Bonchev–Trinajstić information content (AvgIpc) is 2.24. The molecule has 1 aromatic carbocycles. The van der Waals surface area contributed by atoms with Gasteiger partial charge in [0.15, 0.2) is 0 Å². The zero-order valence-electron chi connectivity index (χ0n) is 9.00. The van der Waals surface area contributed by atoms with Crippen molar-refractivity contribution in [2.45, 2.75) is 6.54 Å². The van der Waals surface area contributed by atoms with Crippen molar-refractivity contribution in [2.75, 3.05) is 26.2 Å². The first-order valence-electron chi connectivity index (χ1n) is 5.15. The van der Waals surface area contributed by atoms with Crippen LogP contribution >= 0.6 is 15.9 Å². The molecule has 0 aliphatic carbocycles. The molecule has 1 rings (SSSR count). The smallest absolute Gasteiger partial charge is 0.128 e. The van der Waals surface area contributed by atoms with E-state index in [1.807, 2.05) is 4.90 Å². The molecular weight excluding hydrogens is 275 g/mol. The Balaban J connectivity index is 2.76. The molecule has 0 aliphatic heterocycles. The van der Waals surface area contributed by atoms with Gasteiger partial charge in [-0.25, -0.2) is 4.39 Å². The summed E-state index contributed by atoms with van der Waals surface area (Å²) in [7, 11) is 0. The summed E-state index contributed by atoms with van der Waals surface area (Å²) >= 11 is 3.32. The number of rotatable bonds is 6. The van der Waals surface area contributed by atoms with Gasteiger partial charge < -0.3 is 10.8 Å². The fraction of sp³-hybridized carbons (Fsp3) is 0.455. The summed E-state index contributed by atoms with van der Waals surface area (Å²) in [5, 5.41) is 8.89. The maximum atomic E-state index is 13.5. The highest BCUT2D eigenvalue weighted by Crippen LogP contribution is 2.21. The van der Waals surface area contributed by atoms with Crippen molar-refractivity contribution in [1.82, 2.24) is 4.90 Å². The van der Waals surface area contributed by atoms with Crippen LogP contribution in [0.25, 0.3) is 0 Å². The Bertz CT molecular complexity index is 310. The molecule has 0 unspecified atom stereocenters. The predicted octanol–water partition coefficient (Wildman–Crippen LogP) is 1.34. The predicted molar refractivity (Wildman–Crippen MR) is 65.5 cm³/mol. The lowest BCUT2D eigenvalue weighted by atomic mass is 10.2. The lowest BCUT2D eigenvalue weighted by molar-refractivity contribution is 0.192. The lowest BCUT2D eigenvalue weighted by Gasteiger charge is -2.21. The second-order valence-corrected chi connectivity index (χ2v) is 4.34. The monoisotopic (exact) mass is 290 g/mol. The number of hydrogen-bond donors (Lipinski definition) is 2. The molecule has 0 radical (unpaired) electrons. The highest BCUT2D eigenvalue weighted by Gasteiger charge is 2.11. The summed E-state index contributed by atoms with van der Waals surface area (Å²) in [6.07, 6.45) is 0. The topological polar surface area (TPSA) is 49.5 Å². The molecular formula is C11H16BrFN2O. The van der Waals surface area contributed by atoms with E-state index in [0.29, 0.717) is 31.7 Å². The zero-order chi connectivity index (χ0) is 12.0. The van der Waals surface area contributed by atoms with Gasteiger partial charge >= 0.3 is 0 Å². The van der Waals surface area contributed by atoms with Gasteiger partial charge in [0.05, 0.1) is 6.61 Å². The average molecular weight is 291 g/mol. The van der Waals surface area contributed by atoms with Crippen LogP contribution in [0.1, 0.15) is 5.56 Å². The van der Waals surface area contributed by atoms with Gasteiger partial charge in [0.1, 0.15) is 5.82 Å². The fourth-order valence-corrected chi connectivity index (χ4v) is 1.97. The first kappa shape index (κ1) is 13.6. The first-order valence-corrected chi connectivity index (χ1v) is 5.94. The minimum absolute atomic E-state index is 0.0477. The number of benzene rings is 1. The standard InChI is InChI=1S/C11H16BrFN2O/c12-10-2-1-3-11(13)9(10)8-15(5-4-14)6-7-16/h1-3,16H,4-8,14H2. The van der Waals surface area contributed by atoms with E-state index >= 15 is 0 Å². The van der Waals surface area contributed by atoms with Gasteiger partial charge in [-0.05, 0) is 12.1 Å². The van der Waals surface area contributed by atoms with E-state index in [1.54, 1.807) is 12.1 Å². The molecule has 90 valence electrons. The zero-order valence-corrected chi connectivity index (χ0v) is 10.6. The minimum atomic E-state index is -0.241. The normalized spacial score (nSPS) is 11.1. The van der Waals surface area contributed by atoms with Crippen LogP contribution in [0.15, 0.2) is 22.7 Å². The minimum Gasteiger partial charge on any atom is -0.395 e. The molecule has 3 nitrogen and oxygen atoms in total. The van der Waals surface area contributed by atoms with Crippen LogP contribution in [0.5, 0.6) is 0 Å². The van der Waals surface area contributed by atoms with Crippen molar-refractivity contribution >= 4 is 15.9 Å². The summed E-state index contributed by atoms with van der Waals surface area (Å²) in [6.45, 7) is 2.13. The van der Waals surface area contributed by atoms with Gasteiger partial charge in [0.2, 0.25) is 0 Å². The van der Waals surface area contributed by atoms with Gasteiger partial charge in [0, 0.05) is 36.2 Å². The Hall–Kier alpha value is -0.490. The molecule has 16 heavy (non-hydrogen) atoms. The molecule has 1 aromatic rings. The molecule has 0 fully saturated rings. The summed E-state index contributed by atoms with van der Waals surface area (Å²) < 4.78 is 14.3. The maximum Gasteiger partial charge on any atom is 0.128 e. The van der Waals surface area contributed by atoms with Crippen LogP contribution in [-0.4, -0.2) is 36.2 Å². The fourth-order valence-electron chi connectivity index (χ4n) is 1.50. The van der Waals surface area contributed by atoms with Gasteiger partial charge in [0.25, 0.3) is 0 Å². The molecule has 0 amide bonds. The van der Waals surface area contributed by atoms with E-state index in [4.69, 9.17) is 10.8 Å². The second-order valence-electron chi connectivity index (χ2n) is 3.49. The SMILES string of the molecule is NCCN(CCO)Cc1c(F)cccc1Br. The summed E-state index contributed by atoms with van der Waals surface area (Å²) in [4.78, 5) is 1.92. The second kappa shape index (κ2) is 6.96. The van der Waals surface area contributed by atoms with E-state index in [1.165, 1.54) is 6.07 Å². The molecule has 3 N–H and O–H groups in total. The van der Waals surface area contributed by atoms with E-state index < -0.39 is 0 Å². The Morgan fingerprint density at radius 3 is 2.69 bits per heavy atom. The van der Waals surface area contributed by atoms with Gasteiger partial charge in [-0.15, -0.1) is 0 Å². The highest BCUT2D eigenvalue weighted by molar-refractivity contribution is 9.10. The molecule has 0 aliphatic rings. The first-order chi connectivity index (χ1) is 7.69. The van der Waals surface area contributed by atoms with Gasteiger partial charge in [-0.1, -0.05) is 22.0 Å². The molecule has 0 spiro atoms. The largest absolute Gasteiger partial charge is 0.395 e. The Kier molecular flexibility index (Phi) is 5.90. The van der Waals surface area contributed by atoms with Gasteiger partial charge in [-0.2, -0.15) is 0 Å². The Morgan fingerprint density at radius 2 is 2.12 bits per heavy atom. The molecule has 0 bridgehead atoms. The molecule has 0 heterocycles. The maximum absolute atomic E-state index is 13.5. The summed E-state index contributed by atoms with van der Waals surface area (Å²) in [6, 6.07) is 4.89. The van der Waals surface area contributed by atoms with E-state index in [-0.39, 0.29) is 12.4 Å². The molecule has 0 saturated heterocycles. The summed E-state index contributed by atoms with van der Waals surface area (Å²) in [5.74, 6) is -0.241. The number of nitrogens with zero attached hydrogens (tertiary/aromatic N) is 1. The number of aliphatic hydroxyl groups is 1. The molecule has 5 heteroatoms. The number of halogens is 2. The van der Waals surface area contributed by atoms with Crippen LogP contribution in [0.4, 0.5) is 4.39 Å². The lowest BCUT2D eigenvalue weighted by Crippen LogP contribution is -2.32. The Morgan fingerprint density at radius 1 is 1.38 bits per heavy atom. The van der Waals surface area contributed by atoms with Crippen LogP contribution in [-0.2, 0) is 6.54 Å². The van der Waals surface area contributed by atoms with Crippen molar-refractivity contribution in [2.24, 2.45) is 5.73 Å². The molecule has 0 atom stereocenters. The van der Waals surface area contributed by atoms with Crippen molar-refractivity contribution in [3.63, 3.8) is 0 Å². The molecule has 0 saturated carbocycles. The third kappa shape index (κ3) is 3.83. The van der Waals surface area contributed by atoms with Crippen molar-refractivity contribution < 1.29 is 9.50 Å². The van der Waals surface area contributed by atoms with Crippen LogP contribution < -0.4 is 5.73 Å². The van der Waals surface area contributed by atoms with Crippen LogP contribution in [0.2, 0.25) is 0 Å². The van der Waals surface area contributed by atoms with E-state index in [9.17, 15) is 4.39 Å². The third-order valence-electron chi connectivity index (χ3n) is 2.30. The van der Waals surface area contributed by atoms with Gasteiger partial charge in [-0.3, -0.25) is 4.90 Å². The number of hydrogen-bond acceptors (Lipinski definition) is 3. The van der Waals surface area contributed by atoms with E-state index in [2.05, 4.69) is 15.9 Å². The summed E-state index contributed by atoms with van der Waals surface area (Å²) in [5.41, 5.74) is 6.06. The van der Waals surface area contributed by atoms with E-state index in [0.717, 1.165) is 4.47 Å². The van der Waals surface area contributed by atoms with Crippen molar-refractivity contribution in [3.05, 3.63) is 34.1 Å². The Labute approximate surface area is 103 Å². The third-order valence-corrected chi connectivity index (χ3v) is 3.05.